The minimum absolute atomic E-state index is 0.179. The first-order valence-corrected chi connectivity index (χ1v) is 26.0. The Balaban J connectivity index is 0.000000212. The second kappa shape index (κ2) is 22.2. The minimum atomic E-state index is -4.87. The van der Waals surface area contributed by atoms with E-state index in [4.69, 9.17) is 24.2 Å². The van der Waals surface area contributed by atoms with Crippen molar-refractivity contribution in [2.24, 2.45) is 0 Å². The van der Waals surface area contributed by atoms with Crippen LogP contribution in [-0.4, -0.2) is 49.3 Å². The molecule has 0 radical (unpaired) electrons. The minimum Gasteiger partial charge on any atom is -0.497 e. The molecule has 0 heterocycles. The standard InChI is InChI=1S/C26H22O10S3.C26H22O4S/c1-17-3-12-22(15-25(17)37-36-35-27)38(28,29)23-13-14-24(26(16-23)39(30,31)32)34-21-10-6-19(7-11-21)18-4-8-20(33-2)9-5-18;1-19-3-15-25(16-4-19)31(27,28)26-17-13-24(14-18-26)30-23-11-7-21(8-12-23)20-5-9-22(29-2)10-6-20/h3-16,27H,1-2H3,(H,30,31,32);3-18H,1-2H3. The van der Waals surface area contributed by atoms with Crippen molar-refractivity contribution in [3.63, 3.8) is 0 Å². The molecule has 2 N–H and O–H groups in total. The Hall–Kier alpha value is -7.00. The van der Waals surface area contributed by atoms with Crippen LogP contribution in [-0.2, 0) is 39.2 Å². The Kier molecular flexibility index (Phi) is 16.1. The average molecular weight is 1020 g/mol. The summed E-state index contributed by atoms with van der Waals surface area (Å²) in [4.78, 5) is -0.447. The molecule has 0 fully saturated rings. The zero-order valence-electron chi connectivity index (χ0n) is 37.7. The van der Waals surface area contributed by atoms with Gasteiger partial charge in [-0.3, -0.25) is 4.55 Å². The van der Waals surface area contributed by atoms with Crippen molar-refractivity contribution in [1.29, 1.82) is 0 Å². The van der Waals surface area contributed by atoms with Crippen LogP contribution in [0.5, 0.6) is 34.5 Å². The van der Waals surface area contributed by atoms with Crippen LogP contribution in [0.25, 0.3) is 22.3 Å². The van der Waals surface area contributed by atoms with Gasteiger partial charge in [0.2, 0.25) is 19.7 Å². The van der Waals surface area contributed by atoms with Gasteiger partial charge in [0, 0.05) is 4.90 Å². The molecule has 0 unspecified atom stereocenters. The third-order valence-corrected chi connectivity index (χ3v) is 15.8. The number of hydrogen-bond donors (Lipinski definition) is 2. The Morgan fingerprint density at radius 1 is 0.429 bits per heavy atom. The molecule has 360 valence electrons. The SMILES string of the molecule is COc1ccc(-c2ccc(Oc3ccc(S(=O)(=O)c4ccc(C)c(SOOO)c4)cc3S(=O)(=O)O)cc2)cc1.COc1ccc(-c2ccc(Oc3ccc(S(=O)(=O)c4ccc(C)cc4)cc3)cc2)cc1. The summed E-state index contributed by atoms with van der Waals surface area (Å²) < 4.78 is 113. The monoisotopic (exact) mass is 1020 g/mol. The molecule has 8 aromatic carbocycles. The predicted octanol–water partition coefficient (Wildman–Crippen LogP) is 12.3. The largest absolute Gasteiger partial charge is 0.497 e. The molecule has 14 nitrogen and oxygen atoms in total. The summed E-state index contributed by atoms with van der Waals surface area (Å²) in [5.41, 5.74) is 5.58. The van der Waals surface area contributed by atoms with Crippen LogP contribution >= 0.6 is 12.0 Å². The Bertz CT molecular complexity index is 3400. The first kappa shape index (κ1) is 50.9. The molecule has 0 atom stereocenters. The van der Waals surface area contributed by atoms with Gasteiger partial charge >= 0.3 is 0 Å². The van der Waals surface area contributed by atoms with Crippen molar-refractivity contribution in [2.45, 2.75) is 43.2 Å². The number of aryl methyl sites for hydroxylation is 2. The van der Waals surface area contributed by atoms with Crippen molar-refractivity contribution in [2.75, 3.05) is 14.2 Å². The number of sulfone groups is 2. The summed E-state index contributed by atoms with van der Waals surface area (Å²) in [5, 5.41) is 12.0. The van der Waals surface area contributed by atoms with E-state index in [1.54, 1.807) is 93.9 Å². The summed E-state index contributed by atoms with van der Waals surface area (Å²) in [6.07, 6.45) is 0. The molecular weight excluding hydrogens is 977 g/mol. The summed E-state index contributed by atoms with van der Waals surface area (Å²) in [5.74, 6) is 2.78. The molecule has 0 saturated carbocycles. The molecule has 0 saturated heterocycles. The molecule has 8 aromatic rings. The van der Waals surface area contributed by atoms with E-state index in [0.717, 1.165) is 45.7 Å². The average Bonchev–Trinajstić information content (AvgIpc) is 3.37. The fourth-order valence-corrected chi connectivity index (χ4v) is 10.6. The molecule has 8 rings (SSSR count). The van der Waals surface area contributed by atoms with Gasteiger partial charge in [0.1, 0.15) is 39.4 Å². The Morgan fingerprint density at radius 2 is 0.800 bits per heavy atom. The summed E-state index contributed by atoms with van der Waals surface area (Å²) in [7, 11) is -9.43. The van der Waals surface area contributed by atoms with Gasteiger partial charge in [-0.15, -0.1) is 4.33 Å². The summed E-state index contributed by atoms with van der Waals surface area (Å²) in [6.45, 7) is 3.61. The molecule has 0 aromatic heterocycles. The lowest BCUT2D eigenvalue weighted by Crippen LogP contribution is -2.07. The maximum Gasteiger partial charge on any atom is 0.298 e. The molecule has 0 amide bonds. The highest BCUT2D eigenvalue weighted by Gasteiger charge is 2.26. The lowest BCUT2D eigenvalue weighted by molar-refractivity contribution is -0.432. The lowest BCUT2D eigenvalue weighted by atomic mass is 10.1. The fourth-order valence-electron chi connectivity index (χ4n) is 6.77. The highest BCUT2D eigenvalue weighted by molar-refractivity contribution is 7.94. The van der Waals surface area contributed by atoms with E-state index < -0.39 is 39.6 Å². The van der Waals surface area contributed by atoms with Crippen LogP contribution in [0.1, 0.15) is 11.1 Å². The third-order valence-electron chi connectivity index (χ3n) is 10.6. The topological polar surface area (TPSA) is 198 Å². The third kappa shape index (κ3) is 12.4. The summed E-state index contributed by atoms with van der Waals surface area (Å²) in [6, 6.07) is 50.3. The highest BCUT2D eigenvalue weighted by Crippen LogP contribution is 2.36. The zero-order chi connectivity index (χ0) is 50.1. The van der Waals surface area contributed by atoms with Crippen molar-refractivity contribution in [3.8, 4) is 56.8 Å². The number of hydrogen-bond acceptors (Lipinski definition) is 14. The summed E-state index contributed by atoms with van der Waals surface area (Å²) >= 11 is 0.587. The molecule has 0 bridgehead atoms. The van der Waals surface area contributed by atoms with Crippen LogP contribution in [0.4, 0.5) is 0 Å². The predicted molar refractivity (Wildman–Crippen MR) is 264 cm³/mol. The second-order valence-corrected chi connectivity index (χ2v) is 21.3. The zero-order valence-corrected chi connectivity index (χ0v) is 41.0. The first-order chi connectivity index (χ1) is 33.5. The van der Waals surface area contributed by atoms with E-state index in [9.17, 15) is 29.8 Å². The van der Waals surface area contributed by atoms with Crippen molar-refractivity contribution >= 4 is 41.8 Å². The van der Waals surface area contributed by atoms with E-state index in [-0.39, 0.29) is 26.2 Å². The molecule has 0 aliphatic carbocycles. The molecule has 0 spiro atoms. The quantitative estimate of drug-likeness (QED) is 0.0401. The van der Waals surface area contributed by atoms with Crippen LogP contribution in [0.15, 0.2) is 211 Å². The van der Waals surface area contributed by atoms with E-state index in [2.05, 4.69) is 9.37 Å². The van der Waals surface area contributed by atoms with Gasteiger partial charge in [-0.1, -0.05) is 77.3 Å². The normalized spacial score (nSPS) is 11.5. The van der Waals surface area contributed by atoms with Crippen LogP contribution < -0.4 is 18.9 Å². The van der Waals surface area contributed by atoms with Gasteiger partial charge in [0.05, 0.1) is 45.8 Å². The smallest absolute Gasteiger partial charge is 0.298 e. The van der Waals surface area contributed by atoms with Gasteiger partial charge in [-0.25, -0.2) is 22.1 Å². The number of rotatable bonds is 16. The van der Waals surface area contributed by atoms with Crippen molar-refractivity contribution < 1.29 is 63.4 Å². The van der Waals surface area contributed by atoms with Crippen molar-refractivity contribution in [1.82, 2.24) is 0 Å². The van der Waals surface area contributed by atoms with Crippen LogP contribution in [0.3, 0.4) is 0 Å². The van der Waals surface area contributed by atoms with E-state index in [1.807, 2.05) is 79.7 Å². The molecule has 18 heteroatoms. The maximum atomic E-state index is 13.3. The Morgan fingerprint density at radius 3 is 1.24 bits per heavy atom. The van der Waals surface area contributed by atoms with Gasteiger partial charge < -0.3 is 18.9 Å². The number of benzene rings is 8. The molecular formula is C52H44O14S4. The van der Waals surface area contributed by atoms with Gasteiger partial charge in [-0.2, -0.15) is 8.42 Å². The van der Waals surface area contributed by atoms with Crippen LogP contribution in [0.2, 0.25) is 0 Å². The van der Waals surface area contributed by atoms with E-state index >= 15 is 0 Å². The molecule has 0 aliphatic heterocycles. The fraction of sp³-hybridized carbons (Fsp3) is 0.0769. The first-order valence-electron chi connectivity index (χ1n) is 20.9. The number of methoxy groups -OCH3 is 2. The second-order valence-electron chi connectivity index (χ2n) is 15.2. The van der Waals surface area contributed by atoms with Gasteiger partial charge in [0.25, 0.3) is 10.1 Å². The Labute approximate surface area is 410 Å². The maximum absolute atomic E-state index is 13.3. The van der Waals surface area contributed by atoms with E-state index in [1.165, 1.54) is 24.3 Å². The van der Waals surface area contributed by atoms with E-state index in [0.29, 0.717) is 39.8 Å². The molecule has 0 aliphatic rings. The van der Waals surface area contributed by atoms with Gasteiger partial charge in [0.15, 0.2) is 0 Å². The number of ether oxygens (including phenoxy) is 4. The lowest BCUT2D eigenvalue weighted by Gasteiger charge is -2.13. The highest BCUT2D eigenvalue weighted by atomic mass is 32.2. The van der Waals surface area contributed by atoms with Crippen LogP contribution in [0, 0.1) is 13.8 Å². The van der Waals surface area contributed by atoms with Crippen molar-refractivity contribution in [3.05, 3.63) is 193 Å². The van der Waals surface area contributed by atoms with Gasteiger partial charge in [-0.05, 0) is 157 Å². The molecule has 70 heavy (non-hydrogen) atoms.